The number of fused-ring (bicyclic) bond motifs is 1. The summed E-state index contributed by atoms with van der Waals surface area (Å²) in [6.45, 7) is 1.55. The largest absolute Gasteiger partial charge is 0.465 e. The molecule has 1 fully saturated rings. The van der Waals surface area contributed by atoms with Crippen molar-refractivity contribution in [3.8, 4) is 6.07 Å². The minimum atomic E-state index is -1.98. The van der Waals surface area contributed by atoms with Crippen molar-refractivity contribution < 1.29 is 23.5 Å². The molecule has 0 bridgehead atoms. The van der Waals surface area contributed by atoms with Crippen LogP contribution in [0.15, 0.2) is 48.2 Å². The average Bonchev–Trinajstić information content (AvgIpc) is 2.99. The number of carbonyl (C=O) groups excluding carboxylic acids is 3. The van der Waals surface area contributed by atoms with Gasteiger partial charge in [-0.15, -0.1) is 0 Å². The van der Waals surface area contributed by atoms with E-state index in [1.54, 1.807) is 6.92 Å². The second-order valence-electron chi connectivity index (χ2n) is 6.75. The highest BCUT2D eigenvalue weighted by atomic mass is 19.1. The lowest BCUT2D eigenvalue weighted by Gasteiger charge is -2.32. The standard InChI is InChI=1S/C20H19FN4O4/c1-2-29-19(28)20(10-22)14-8-7-11(17(23)26)9-25(14)16(18(24)27)15(20)12-5-3-4-6-13(12)21/h3-9,14-16H,2H2,1H3,(H2,23,26)(H2,24,27)/t14-,15-,16+,20-/m1/s1. The van der Waals surface area contributed by atoms with Gasteiger partial charge in [0.1, 0.15) is 11.9 Å². The molecule has 0 aliphatic carbocycles. The quantitative estimate of drug-likeness (QED) is 0.691. The number of nitrogens with two attached hydrogens (primary N) is 2. The van der Waals surface area contributed by atoms with Crippen molar-refractivity contribution in [2.24, 2.45) is 16.9 Å². The molecule has 3 rings (SSSR count). The van der Waals surface area contributed by atoms with E-state index >= 15 is 0 Å². The molecular formula is C20H19FN4O4. The Morgan fingerprint density at radius 3 is 2.55 bits per heavy atom. The number of primary amides is 2. The first kappa shape index (κ1) is 20.1. The number of hydrogen-bond acceptors (Lipinski definition) is 6. The number of rotatable bonds is 5. The van der Waals surface area contributed by atoms with E-state index in [-0.39, 0.29) is 17.7 Å². The zero-order valence-electron chi connectivity index (χ0n) is 15.5. The van der Waals surface area contributed by atoms with Gasteiger partial charge in [-0.3, -0.25) is 14.4 Å². The van der Waals surface area contributed by atoms with Crippen LogP contribution in [0, 0.1) is 22.6 Å². The minimum absolute atomic E-state index is 0.0215. The average molecular weight is 398 g/mol. The molecule has 2 amide bonds. The van der Waals surface area contributed by atoms with E-state index in [1.165, 1.54) is 47.5 Å². The van der Waals surface area contributed by atoms with Gasteiger partial charge in [0, 0.05) is 12.1 Å². The lowest BCUT2D eigenvalue weighted by molar-refractivity contribution is -0.153. The number of esters is 1. The van der Waals surface area contributed by atoms with Crippen LogP contribution < -0.4 is 11.5 Å². The molecule has 0 aromatic heterocycles. The van der Waals surface area contributed by atoms with Gasteiger partial charge in [-0.05, 0) is 24.6 Å². The van der Waals surface area contributed by atoms with Gasteiger partial charge in [-0.25, -0.2) is 4.39 Å². The molecule has 8 nitrogen and oxygen atoms in total. The van der Waals surface area contributed by atoms with Crippen LogP contribution in [0.1, 0.15) is 18.4 Å². The highest BCUT2D eigenvalue weighted by molar-refractivity contribution is 5.96. The lowest BCUT2D eigenvalue weighted by Crippen LogP contribution is -2.45. The number of halogens is 1. The maximum atomic E-state index is 14.8. The molecule has 2 aliphatic heterocycles. The molecule has 0 radical (unpaired) electrons. The molecule has 4 N–H and O–H groups in total. The third-order valence-electron chi connectivity index (χ3n) is 5.28. The van der Waals surface area contributed by atoms with Crippen LogP contribution in [0.2, 0.25) is 0 Å². The monoisotopic (exact) mass is 398 g/mol. The maximum absolute atomic E-state index is 14.8. The number of carbonyl (C=O) groups is 3. The summed E-state index contributed by atoms with van der Waals surface area (Å²) in [4.78, 5) is 38.4. The molecule has 1 aromatic rings. The Morgan fingerprint density at radius 1 is 1.31 bits per heavy atom. The van der Waals surface area contributed by atoms with Crippen molar-refractivity contribution in [1.82, 2.24) is 4.90 Å². The number of benzene rings is 1. The number of nitrogens with zero attached hydrogens (tertiary/aromatic N) is 2. The van der Waals surface area contributed by atoms with E-state index < -0.39 is 47.0 Å². The summed E-state index contributed by atoms with van der Waals surface area (Å²) in [6, 6.07) is 5.20. The summed E-state index contributed by atoms with van der Waals surface area (Å²) < 4.78 is 19.9. The maximum Gasteiger partial charge on any atom is 0.329 e. The van der Waals surface area contributed by atoms with Gasteiger partial charge < -0.3 is 21.1 Å². The number of amides is 2. The summed E-state index contributed by atoms with van der Waals surface area (Å²) in [5.41, 5.74) is 9.00. The van der Waals surface area contributed by atoms with E-state index in [0.717, 1.165) is 0 Å². The fourth-order valence-electron chi connectivity index (χ4n) is 4.10. The van der Waals surface area contributed by atoms with Gasteiger partial charge in [-0.2, -0.15) is 5.26 Å². The molecule has 0 spiro atoms. The number of ether oxygens (including phenoxy) is 1. The topological polar surface area (TPSA) is 140 Å². The summed E-state index contributed by atoms with van der Waals surface area (Å²) in [7, 11) is 0. The van der Waals surface area contributed by atoms with Crippen LogP contribution in [-0.2, 0) is 19.1 Å². The fraction of sp³-hybridized carbons (Fsp3) is 0.300. The summed E-state index contributed by atoms with van der Waals surface area (Å²) in [5.74, 6) is -4.54. The minimum Gasteiger partial charge on any atom is -0.465 e. The van der Waals surface area contributed by atoms with E-state index in [1.807, 2.05) is 6.07 Å². The molecule has 1 aromatic carbocycles. The molecule has 0 unspecified atom stereocenters. The van der Waals surface area contributed by atoms with Crippen molar-refractivity contribution in [3.05, 3.63) is 59.6 Å². The summed E-state index contributed by atoms with van der Waals surface area (Å²) in [5, 5.41) is 10.2. The van der Waals surface area contributed by atoms with Gasteiger partial charge in [0.25, 0.3) is 0 Å². The Bertz CT molecular complexity index is 983. The van der Waals surface area contributed by atoms with E-state index in [0.29, 0.717) is 0 Å². The molecule has 1 saturated heterocycles. The van der Waals surface area contributed by atoms with Crippen molar-refractivity contribution in [1.29, 1.82) is 5.26 Å². The Kier molecular flexibility index (Phi) is 5.12. The number of hydrogen-bond donors (Lipinski definition) is 2. The fourth-order valence-corrected chi connectivity index (χ4v) is 4.10. The first-order valence-corrected chi connectivity index (χ1v) is 8.89. The third kappa shape index (κ3) is 2.93. The number of nitriles is 1. The summed E-state index contributed by atoms with van der Waals surface area (Å²) >= 11 is 0. The Morgan fingerprint density at radius 2 is 2.00 bits per heavy atom. The first-order chi connectivity index (χ1) is 13.8. The van der Waals surface area contributed by atoms with Gasteiger partial charge >= 0.3 is 5.97 Å². The zero-order chi connectivity index (χ0) is 21.3. The second-order valence-corrected chi connectivity index (χ2v) is 6.75. The van der Waals surface area contributed by atoms with E-state index in [9.17, 15) is 24.0 Å². The molecule has 0 saturated carbocycles. The van der Waals surface area contributed by atoms with Gasteiger partial charge in [0.2, 0.25) is 11.8 Å². The molecule has 29 heavy (non-hydrogen) atoms. The molecule has 2 aliphatic rings. The van der Waals surface area contributed by atoms with Crippen molar-refractivity contribution in [2.45, 2.75) is 24.9 Å². The molecule has 2 heterocycles. The molecule has 9 heteroatoms. The Hall–Kier alpha value is -3.67. The second kappa shape index (κ2) is 7.39. The van der Waals surface area contributed by atoms with Crippen LogP contribution in [0.25, 0.3) is 0 Å². The predicted octanol–water partition coefficient (Wildman–Crippen LogP) is 0.459. The SMILES string of the molecule is CCOC(=O)[C@@]1(C#N)[C@H](c2ccccc2F)[C@@H](C(N)=O)N2C=C(C(N)=O)C=C[C@@H]21. The van der Waals surface area contributed by atoms with Gasteiger partial charge in [0.05, 0.1) is 24.3 Å². The highest BCUT2D eigenvalue weighted by Crippen LogP contribution is 2.54. The highest BCUT2D eigenvalue weighted by Gasteiger charge is 2.66. The molecular weight excluding hydrogens is 379 g/mol. The van der Waals surface area contributed by atoms with Crippen molar-refractivity contribution >= 4 is 17.8 Å². The van der Waals surface area contributed by atoms with E-state index in [4.69, 9.17) is 16.2 Å². The van der Waals surface area contributed by atoms with Crippen LogP contribution >= 0.6 is 0 Å². The van der Waals surface area contributed by atoms with Crippen molar-refractivity contribution in [3.63, 3.8) is 0 Å². The van der Waals surface area contributed by atoms with E-state index in [2.05, 4.69) is 0 Å². The van der Waals surface area contributed by atoms with Gasteiger partial charge in [-0.1, -0.05) is 24.3 Å². The zero-order valence-corrected chi connectivity index (χ0v) is 15.5. The Balaban J connectivity index is 2.32. The molecule has 150 valence electrons. The Labute approximate surface area is 166 Å². The predicted molar refractivity (Wildman–Crippen MR) is 98.8 cm³/mol. The van der Waals surface area contributed by atoms with Crippen LogP contribution in [-0.4, -0.2) is 41.4 Å². The van der Waals surface area contributed by atoms with Crippen molar-refractivity contribution in [2.75, 3.05) is 6.61 Å². The van der Waals surface area contributed by atoms with Crippen LogP contribution in [0.5, 0.6) is 0 Å². The lowest BCUT2D eigenvalue weighted by atomic mass is 9.68. The summed E-state index contributed by atoms with van der Waals surface area (Å²) in [6.07, 6.45) is 4.04. The smallest absolute Gasteiger partial charge is 0.329 e. The van der Waals surface area contributed by atoms with Gasteiger partial charge in [0.15, 0.2) is 5.41 Å². The van der Waals surface area contributed by atoms with Crippen LogP contribution in [0.3, 0.4) is 0 Å². The van der Waals surface area contributed by atoms with Crippen LogP contribution in [0.4, 0.5) is 4.39 Å². The molecule has 4 atom stereocenters. The third-order valence-corrected chi connectivity index (χ3v) is 5.28. The normalized spacial score (nSPS) is 27.6. The first-order valence-electron chi connectivity index (χ1n) is 8.89.